The molecule has 0 heterocycles. The van der Waals surface area contributed by atoms with Gasteiger partial charge in [-0.1, -0.05) is 23.7 Å². The average Bonchev–Trinajstić information content (AvgIpc) is 2.09. The second-order valence-corrected chi connectivity index (χ2v) is 2.99. The molecule has 70 valence electrons. The number of nitrogens with one attached hydrogen (secondary N) is 1. The molecule has 13 heavy (non-hydrogen) atoms. The van der Waals surface area contributed by atoms with Crippen LogP contribution in [0.2, 0.25) is 5.02 Å². The number of halogens is 1. The van der Waals surface area contributed by atoms with Crippen molar-refractivity contribution in [3.63, 3.8) is 0 Å². The van der Waals surface area contributed by atoms with Gasteiger partial charge in [0.15, 0.2) is 5.96 Å². The van der Waals surface area contributed by atoms with Crippen LogP contribution >= 0.6 is 11.6 Å². The van der Waals surface area contributed by atoms with Crippen LogP contribution in [-0.4, -0.2) is 12.5 Å². The lowest BCUT2D eigenvalue weighted by Gasteiger charge is -2.21. The van der Waals surface area contributed by atoms with Gasteiger partial charge in [-0.25, -0.2) is 0 Å². The molecule has 0 fully saturated rings. The van der Waals surface area contributed by atoms with E-state index in [-0.39, 0.29) is 5.96 Å². The van der Waals surface area contributed by atoms with Crippen molar-refractivity contribution in [2.45, 2.75) is 6.92 Å². The highest BCUT2D eigenvalue weighted by atomic mass is 35.5. The summed E-state index contributed by atoms with van der Waals surface area (Å²) in [7, 11) is 0. The maximum atomic E-state index is 7.33. The van der Waals surface area contributed by atoms with Crippen LogP contribution in [0.3, 0.4) is 0 Å². The van der Waals surface area contributed by atoms with Gasteiger partial charge in [0.25, 0.3) is 0 Å². The molecule has 0 atom stereocenters. The molecule has 0 bridgehead atoms. The van der Waals surface area contributed by atoms with Gasteiger partial charge in [-0.3, -0.25) is 5.41 Å². The van der Waals surface area contributed by atoms with Gasteiger partial charge in [0.1, 0.15) is 0 Å². The zero-order valence-electron chi connectivity index (χ0n) is 7.42. The fourth-order valence-corrected chi connectivity index (χ4v) is 1.38. The average molecular weight is 198 g/mol. The standard InChI is InChI=1S/C9H12ClN3/c1-2-13(9(11)12)8-6-4-3-5-7(8)10/h3-6H,2H2,1H3,(H3,11,12). The van der Waals surface area contributed by atoms with E-state index in [0.29, 0.717) is 11.6 Å². The quantitative estimate of drug-likeness (QED) is 0.563. The lowest BCUT2D eigenvalue weighted by atomic mass is 10.3. The van der Waals surface area contributed by atoms with E-state index in [1.165, 1.54) is 0 Å². The lowest BCUT2D eigenvalue weighted by molar-refractivity contribution is 1.03. The Morgan fingerprint density at radius 2 is 2.15 bits per heavy atom. The van der Waals surface area contributed by atoms with E-state index in [9.17, 15) is 0 Å². The first-order chi connectivity index (χ1) is 6.16. The van der Waals surface area contributed by atoms with Crippen molar-refractivity contribution in [3.8, 4) is 0 Å². The summed E-state index contributed by atoms with van der Waals surface area (Å²) >= 11 is 5.95. The van der Waals surface area contributed by atoms with Crippen LogP contribution in [0.4, 0.5) is 5.69 Å². The van der Waals surface area contributed by atoms with Crippen molar-refractivity contribution in [2.75, 3.05) is 11.4 Å². The number of rotatable bonds is 2. The minimum atomic E-state index is 0.00981. The van der Waals surface area contributed by atoms with E-state index >= 15 is 0 Å². The van der Waals surface area contributed by atoms with Gasteiger partial charge < -0.3 is 10.6 Å². The molecule has 0 aromatic heterocycles. The zero-order valence-corrected chi connectivity index (χ0v) is 8.17. The number of benzene rings is 1. The second-order valence-electron chi connectivity index (χ2n) is 2.58. The third-order valence-corrected chi connectivity index (χ3v) is 2.07. The fourth-order valence-electron chi connectivity index (χ4n) is 1.14. The third-order valence-electron chi connectivity index (χ3n) is 1.75. The minimum Gasteiger partial charge on any atom is -0.370 e. The Morgan fingerprint density at radius 1 is 1.54 bits per heavy atom. The number of hydrogen-bond donors (Lipinski definition) is 2. The van der Waals surface area contributed by atoms with Crippen molar-refractivity contribution in [1.29, 1.82) is 5.41 Å². The van der Waals surface area contributed by atoms with Crippen molar-refractivity contribution < 1.29 is 0 Å². The topological polar surface area (TPSA) is 53.1 Å². The van der Waals surface area contributed by atoms with E-state index in [1.54, 1.807) is 11.0 Å². The van der Waals surface area contributed by atoms with E-state index in [2.05, 4.69) is 0 Å². The van der Waals surface area contributed by atoms with Gasteiger partial charge in [0, 0.05) is 6.54 Å². The highest BCUT2D eigenvalue weighted by Crippen LogP contribution is 2.24. The highest BCUT2D eigenvalue weighted by molar-refractivity contribution is 6.33. The summed E-state index contributed by atoms with van der Waals surface area (Å²) < 4.78 is 0. The van der Waals surface area contributed by atoms with Crippen molar-refractivity contribution in [3.05, 3.63) is 29.3 Å². The molecule has 0 radical (unpaired) electrons. The zero-order chi connectivity index (χ0) is 9.84. The maximum Gasteiger partial charge on any atom is 0.192 e. The predicted molar refractivity (Wildman–Crippen MR) is 56.4 cm³/mol. The number of nitrogens with zero attached hydrogens (tertiary/aromatic N) is 1. The molecular formula is C9H12ClN3. The van der Waals surface area contributed by atoms with Crippen LogP contribution in [0.25, 0.3) is 0 Å². The monoisotopic (exact) mass is 197 g/mol. The first-order valence-corrected chi connectivity index (χ1v) is 4.40. The Hall–Kier alpha value is -1.22. The number of hydrogen-bond acceptors (Lipinski definition) is 1. The molecule has 3 nitrogen and oxygen atoms in total. The Bertz CT molecular complexity index is 311. The van der Waals surface area contributed by atoms with Gasteiger partial charge in [0.2, 0.25) is 0 Å². The number of para-hydroxylation sites is 1. The smallest absolute Gasteiger partial charge is 0.192 e. The predicted octanol–water partition coefficient (Wildman–Crippen LogP) is 2.06. The largest absolute Gasteiger partial charge is 0.370 e. The number of nitrogens with two attached hydrogens (primary N) is 1. The molecule has 0 aliphatic heterocycles. The fraction of sp³-hybridized carbons (Fsp3) is 0.222. The normalized spacial score (nSPS) is 9.69. The minimum absolute atomic E-state index is 0.00981. The first-order valence-electron chi connectivity index (χ1n) is 4.03. The molecule has 0 amide bonds. The van der Waals surface area contributed by atoms with Crippen molar-refractivity contribution in [2.24, 2.45) is 5.73 Å². The van der Waals surface area contributed by atoms with Crippen LogP contribution in [0, 0.1) is 5.41 Å². The summed E-state index contributed by atoms with van der Waals surface area (Å²) in [6.45, 7) is 2.56. The lowest BCUT2D eigenvalue weighted by Crippen LogP contribution is -2.36. The van der Waals surface area contributed by atoms with Crippen LogP contribution in [-0.2, 0) is 0 Å². The van der Waals surface area contributed by atoms with Crippen LogP contribution in [0.1, 0.15) is 6.92 Å². The van der Waals surface area contributed by atoms with E-state index in [0.717, 1.165) is 5.69 Å². The number of anilines is 1. The molecule has 0 unspecified atom stereocenters. The van der Waals surface area contributed by atoms with Gasteiger partial charge in [-0.15, -0.1) is 0 Å². The van der Waals surface area contributed by atoms with E-state index < -0.39 is 0 Å². The first kappa shape index (κ1) is 9.86. The molecule has 0 aliphatic carbocycles. The van der Waals surface area contributed by atoms with Crippen LogP contribution < -0.4 is 10.6 Å². The molecule has 4 heteroatoms. The summed E-state index contributed by atoms with van der Waals surface area (Å²) in [5.41, 5.74) is 6.18. The molecule has 0 aliphatic rings. The molecule has 1 aromatic rings. The number of guanidine groups is 1. The highest BCUT2D eigenvalue weighted by Gasteiger charge is 2.09. The third kappa shape index (κ3) is 2.12. The molecule has 0 saturated heterocycles. The van der Waals surface area contributed by atoms with Gasteiger partial charge in [-0.2, -0.15) is 0 Å². The van der Waals surface area contributed by atoms with Gasteiger partial charge in [-0.05, 0) is 19.1 Å². The summed E-state index contributed by atoms with van der Waals surface area (Å²) in [5, 5.41) is 7.94. The molecule has 1 rings (SSSR count). The SMILES string of the molecule is CCN(C(=N)N)c1ccccc1Cl. The van der Waals surface area contributed by atoms with Crippen LogP contribution in [0.5, 0.6) is 0 Å². The molecule has 0 spiro atoms. The second kappa shape index (κ2) is 4.14. The Labute approximate surface area is 82.6 Å². The van der Waals surface area contributed by atoms with Gasteiger partial charge >= 0.3 is 0 Å². The molecular weight excluding hydrogens is 186 g/mol. The Morgan fingerprint density at radius 3 is 2.62 bits per heavy atom. The van der Waals surface area contributed by atoms with Crippen molar-refractivity contribution in [1.82, 2.24) is 0 Å². The van der Waals surface area contributed by atoms with Gasteiger partial charge in [0.05, 0.1) is 10.7 Å². The summed E-state index contributed by atoms with van der Waals surface area (Å²) in [6, 6.07) is 7.34. The van der Waals surface area contributed by atoms with Crippen LogP contribution in [0.15, 0.2) is 24.3 Å². The Kier molecular flexibility index (Phi) is 3.14. The summed E-state index contributed by atoms with van der Waals surface area (Å²) in [6.07, 6.45) is 0. The molecule has 0 saturated carbocycles. The molecule has 3 N–H and O–H groups in total. The Balaban J connectivity index is 3.04. The van der Waals surface area contributed by atoms with E-state index in [1.807, 2.05) is 25.1 Å². The maximum absolute atomic E-state index is 7.33. The summed E-state index contributed by atoms with van der Waals surface area (Å²) in [4.78, 5) is 1.64. The van der Waals surface area contributed by atoms with Crippen molar-refractivity contribution >= 4 is 23.2 Å². The van der Waals surface area contributed by atoms with E-state index in [4.69, 9.17) is 22.7 Å². The molecule has 1 aromatic carbocycles. The summed E-state index contributed by atoms with van der Waals surface area (Å²) in [5.74, 6) is 0.00981.